The van der Waals surface area contributed by atoms with Crippen LogP contribution in [0.2, 0.25) is 0 Å². The fraction of sp³-hybridized carbons (Fsp3) is 0.0206. The maximum absolute atomic E-state index is 4.61. The van der Waals surface area contributed by atoms with Crippen molar-refractivity contribution >= 4 is 151 Å². The van der Waals surface area contributed by atoms with Crippen LogP contribution in [0.5, 0.6) is 0 Å². The standard InChI is InChI=1S/C36H22BN4S.C31H20BN4S.C30H19BN5S.3Pd/c1-2-8-26(9-3-1)39-19-20-40(24-39)27-15-17-29-31-11-5-7-13-35(31)41-34-12-6-4-10-30(34)28-16-14-25(36-38-18-21-42-36)22-32(28)37(41)33(29)23-27;1-34-15-16-35(20-34)22-11-13-24-26-7-3-5-9-30(26)36-29-8-4-2-6-25(29)23-12-10-21(31-33-14-17-37-31)18-27(23)32(36)28(24)19-22;1-34-19-35(18-33-34)21-11-13-23-25-7-3-5-9-29(25)36-28-8-4-2-6-24(28)22-12-10-20(30-32-14-15-37-30)16-26(22)31(36)27(23)17-21;;;/h1-21,24H;2-17,20H,1H3;2-15,18-19H,1H3;;;/q3*-3;;;. The first-order valence-electron chi connectivity index (χ1n) is 38.5. The second-order valence-corrected chi connectivity index (χ2v) is 32.1. The molecule has 3 aromatic heterocycles. The van der Waals surface area contributed by atoms with Crippen LogP contribution in [0.15, 0.2) is 313 Å². The summed E-state index contributed by atoms with van der Waals surface area (Å²) in [6.45, 7) is 5.92. The molecule has 25 rings (SSSR count). The number of rotatable bonds is 7. The maximum atomic E-state index is 4.61. The third-order valence-electron chi connectivity index (χ3n) is 22.9. The Morgan fingerprint density at radius 1 is 0.286 bits per heavy atom. The van der Waals surface area contributed by atoms with Crippen LogP contribution in [0.25, 0.3) is 98.5 Å². The summed E-state index contributed by atoms with van der Waals surface area (Å²) < 4.78 is 0. The first kappa shape index (κ1) is 76.0. The molecule has 16 aromatic rings. The molecule has 0 saturated carbocycles. The minimum atomic E-state index is -0.0866. The van der Waals surface area contributed by atoms with Crippen LogP contribution in [-0.4, -0.2) is 65.8 Å². The van der Waals surface area contributed by atoms with Gasteiger partial charge in [0.1, 0.15) is 0 Å². The van der Waals surface area contributed by atoms with Crippen LogP contribution >= 0.6 is 34.0 Å². The number of hydrogen-bond acceptors (Lipinski definition) is 16. The van der Waals surface area contributed by atoms with Crippen molar-refractivity contribution in [3.8, 4) is 98.5 Å². The van der Waals surface area contributed by atoms with Gasteiger partial charge in [0.25, 0.3) is 20.5 Å². The predicted octanol–water partition coefficient (Wildman–Crippen LogP) is 18.0. The van der Waals surface area contributed by atoms with Crippen molar-refractivity contribution in [1.82, 2.24) is 24.9 Å². The van der Waals surface area contributed by atoms with E-state index in [1.54, 1.807) is 39.0 Å². The Hall–Kier alpha value is -11.7. The molecule has 0 N–H and O–H groups in total. The van der Waals surface area contributed by atoms with E-state index in [1.807, 2.05) is 72.8 Å². The summed E-state index contributed by atoms with van der Waals surface area (Å²) in [4.78, 5) is 31.7. The predicted molar refractivity (Wildman–Crippen MR) is 481 cm³/mol. The topological polar surface area (TPSA) is 80.2 Å². The van der Waals surface area contributed by atoms with Gasteiger partial charge in [-0.1, -0.05) is 144 Å². The first-order valence-corrected chi connectivity index (χ1v) is 41.1. The third kappa shape index (κ3) is 12.8. The number of hydrogen-bond donors (Lipinski definition) is 0. The van der Waals surface area contributed by atoms with Crippen LogP contribution in [-0.2, 0) is 61.3 Å². The Morgan fingerprint density at radius 3 is 0.908 bits per heavy atom. The number of aromatic nitrogens is 3. The molecule has 0 aliphatic carbocycles. The van der Waals surface area contributed by atoms with Crippen LogP contribution in [0.4, 0.5) is 56.9 Å². The smallest absolute Gasteiger partial charge is 0.285 e. The van der Waals surface area contributed by atoms with Crippen LogP contribution in [0, 0.1) is 56.4 Å². The molecule has 0 amide bonds. The summed E-state index contributed by atoms with van der Waals surface area (Å²) in [6.07, 6.45) is 15.7. The SMILES string of the molecule is CN1C=CN(c2[c-]c3c(cc2)-c2ccccc2N2B3c3[c-]c(-c4nccs4)ccc3-c3ccccc32)[CH-]1.CN1[CH-]N(c2[c-]c3c(cc2)-c2ccccc2N2B3c3[c-]c(-c4nccs4)ccc3-c3ccccc32)C=N1.[Pd].[Pd].[Pd].[c-]1c(-c2nccs2)ccc2c1B1c3[c-]c(N4C=CN(c5ccccc5)[CH-]4)ccc3-c3ccccc3N1c1ccccc1-2. The number of para-hydroxylation sites is 7. The van der Waals surface area contributed by atoms with Gasteiger partial charge in [-0.2, -0.15) is 93.5 Å². The van der Waals surface area contributed by atoms with E-state index in [4.69, 9.17) is 0 Å². The number of nitrogens with zero attached hydrogens (tertiary/aromatic N) is 13. The van der Waals surface area contributed by atoms with Crippen LogP contribution in [0.1, 0.15) is 0 Å². The van der Waals surface area contributed by atoms with E-state index in [9.17, 15) is 0 Å². The van der Waals surface area contributed by atoms with Gasteiger partial charge in [-0.3, -0.25) is 15.0 Å². The molecule has 13 aromatic carbocycles. The molecule has 0 bridgehead atoms. The molecule has 0 radical (unpaired) electrons. The zero-order valence-electron chi connectivity index (χ0n) is 63.5. The summed E-state index contributed by atoms with van der Waals surface area (Å²) in [7, 11) is 3.96. The van der Waals surface area contributed by atoms with Gasteiger partial charge in [0.2, 0.25) is 0 Å². The molecule has 0 atom stereocenters. The van der Waals surface area contributed by atoms with Gasteiger partial charge >= 0.3 is 0 Å². The molecule has 0 saturated heterocycles. The average Bonchev–Trinajstić information content (AvgIpc) is 1.11. The van der Waals surface area contributed by atoms with Gasteiger partial charge in [0.05, 0.1) is 6.34 Å². The second-order valence-electron chi connectivity index (χ2n) is 29.4. The van der Waals surface area contributed by atoms with Crippen molar-refractivity contribution in [2.75, 3.05) is 48.1 Å². The van der Waals surface area contributed by atoms with Gasteiger partial charge < -0.3 is 43.9 Å². The second kappa shape index (κ2) is 31.2. The summed E-state index contributed by atoms with van der Waals surface area (Å²) in [5.41, 5.74) is 35.8. The van der Waals surface area contributed by atoms with Gasteiger partial charge in [-0.25, -0.2) is 5.10 Å². The average molecular weight is 1860 g/mol. The summed E-state index contributed by atoms with van der Waals surface area (Å²) >= 11 is 4.94. The normalized spacial score (nSPS) is 14.2. The van der Waals surface area contributed by atoms with Crippen LogP contribution < -0.4 is 66.8 Å². The molecular formula is C97H61B3N13Pd3S3-9. The van der Waals surface area contributed by atoms with Crippen molar-refractivity contribution < 1.29 is 61.3 Å². The van der Waals surface area contributed by atoms with E-state index in [0.717, 1.165) is 87.2 Å². The van der Waals surface area contributed by atoms with Crippen molar-refractivity contribution in [1.29, 1.82) is 0 Å². The number of benzene rings is 13. The number of hydrazone groups is 1. The fourth-order valence-corrected chi connectivity index (χ4v) is 19.7. The van der Waals surface area contributed by atoms with E-state index >= 15 is 0 Å². The van der Waals surface area contributed by atoms with E-state index in [0.29, 0.717) is 0 Å². The minimum Gasteiger partial charge on any atom is -0.510 e. The molecule has 0 unspecified atom stereocenters. The number of anilines is 10. The molecule has 0 spiro atoms. The summed E-state index contributed by atoms with van der Waals surface area (Å²) in [6, 6.07) is 112. The van der Waals surface area contributed by atoms with Crippen molar-refractivity contribution in [3.63, 3.8) is 0 Å². The Balaban J connectivity index is 0.000000113. The molecule has 12 heterocycles. The third-order valence-corrected chi connectivity index (χ3v) is 25.3. The Morgan fingerprint density at radius 2 is 0.588 bits per heavy atom. The molecule has 13 nitrogen and oxygen atoms in total. The van der Waals surface area contributed by atoms with Crippen molar-refractivity contribution in [2.24, 2.45) is 5.10 Å². The maximum Gasteiger partial charge on any atom is 0.285 e. The van der Waals surface area contributed by atoms with E-state index in [1.165, 1.54) is 101 Å². The Kier molecular flexibility index (Phi) is 19.9. The molecule has 9 aliphatic heterocycles. The van der Waals surface area contributed by atoms with Gasteiger partial charge in [0, 0.05) is 151 Å². The largest absolute Gasteiger partial charge is 0.510 e. The van der Waals surface area contributed by atoms with Gasteiger partial charge in [0.15, 0.2) is 0 Å². The monoisotopic (exact) mass is 1850 g/mol. The van der Waals surface area contributed by atoms with Crippen LogP contribution in [0.3, 0.4) is 0 Å². The van der Waals surface area contributed by atoms with Gasteiger partial charge in [-0.15, -0.1) is 170 Å². The van der Waals surface area contributed by atoms with E-state index in [2.05, 4.69) is 371 Å². The Labute approximate surface area is 746 Å². The molecular weight excluding hydrogens is 1800 g/mol. The molecule has 0 fully saturated rings. The molecule has 9 aliphatic rings. The van der Waals surface area contributed by atoms with E-state index in [-0.39, 0.29) is 81.8 Å². The Bertz CT molecular complexity index is 6460. The summed E-state index contributed by atoms with van der Waals surface area (Å²) in [5.74, 6) is 0. The zero-order valence-corrected chi connectivity index (χ0v) is 70.6. The van der Waals surface area contributed by atoms with E-state index < -0.39 is 0 Å². The zero-order chi connectivity index (χ0) is 76.6. The van der Waals surface area contributed by atoms with Crippen molar-refractivity contribution in [3.05, 3.63) is 365 Å². The quantitative estimate of drug-likeness (QED) is 0.113. The molecule has 580 valence electrons. The summed E-state index contributed by atoms with van der Waals surface area (Å²) in [5, 5.41) is 15.2. The molecule has 119 heavy (non-hydrogen) atoms. The molecule has 22 heteroatoms. The minimum absolute atomic E-state index is 0. The number of thiazole rings is 3. The fourth-order valence-electron chi connectivity index (χ4n) is 17.9. The van der Waals surface area contributed by atoms with Crippen molar-refractivity contribution in [2.45, 2.75) is 0 Å². The number of fused-ring (bicyclic) bond motifs is 33. The van der Waals surface area contributed by atoms with Gasteiger partial charge in [-0.05, 0) is 104 Å². The first-order chi connectivity index (χ1) is 57.3.